The fourth-order valence-corrected chi connectivity index (χ4v) is 2.34. The van der Waals surface area contributed by atoms with Crippen molar-refractivity contribution < 1.29 is 4.79 Å². The van der Waals surface area contributed by atoms with Gasteiger partial charge in [0, 0.05) is 37.3 Å². The summed E-state index contributed by atoms with van der Waals surface area (Å²) in [5, 5.41) is 2.97. The van der Waals surface area contributed by atoms with Gasteiger partial charge >= 0.3 is 0 Å². The maximum atomic E-state index is 11.7. The van der Waals surface area contributed by atoms with Gasteiger partial charge < -0.3 is 5.32 Å². The lowest BCUT2D eigenvalue weighted by molar-refractivity contribution is -0.121. The first kappa shape index (κ1) is 17.7. The van der Waals surface area contributed by atoms with Crippen LogP contribution in [0.1, 0.15) is 43.2 Å². The van der Waals surface area contributed by atoms with Gasteiger partial charge in [-0.1, -0.05) is 36.1 Å². The molecular formula is C21H24N2O. The van der Waals surface area contributed by atoms with Crippen LogP contribution in [0.4, 0.5) is 0 Å². The summed E-state index contributed by atoms with van der Waals surface area (Å²) in [5.74, 6) is 6.43. The molecule has 0 bridgehead atoms. The number of unbranched alkanes of at least 4 members (excludes halogenated alkanes) is 2. The molecule has 3 nitrogen and oxygen atoms in total. The Hall–Kier alpha value is -2.60. The number of nitrogens with one attached hydrogen (secondary N) is 1. The number of carbonyl (C=O) groups is 1. The van der Waals surface area contributed by atoms with Gasteiger partial charge in [-0.15, -0.1) is 0 Å². The second-order valence-corrected chi connectivity index (χ2v) is 5.69. The molecule has 0 fully saturated rings. The Labute approximate surface area is 144 Å². The van der Waals surface area contributed by atoms with Crippen molar-refractivity contribution in [1.29, 1.82) is 0 Å². The van der Waals surface area contributed by atoms with Crippen LogP contribution < -0.4 is 5.32 Å². The van der Waals surface area contributed by atoms with Crippen molar-refractivity contribution in [3.8, 4) is 11.8 Å². The maximum Gasteiger partial charge on any atom is 0.219 e. The zero-order valence-corrected chi connectivity index (χ0v) is 14.0. The van der Waals surface area contributed by atoms with Crippen molar-refractivity contribution in [1.82, 2.24) is 10.3 Å². The highest BCUT2D eigenvalue weighted by Crippen LogP contribution is 2.02. The smallest absolute Gasteiger partial charge is 0.219 e. The first-order chi connectivity index (χ1) is 11.8. The van der Waals surface area contributed by atoms with Crippen molar-refractivity contribution in [2.24, 2.45) is 0 Å². The lowest BCUT2D eigenvalue weighted by atomic mass is 10.1. The molecule has 0 aliphatic rings. The number of amides is 1. The highest BCUT2D eigenvalue weighted by Gasteiger charge is 2.00. The molecule has 0 spiro atoms. The van der Waals surface area contributed by atoms with Gasteiger partial charge in [0.25, 0.3) is 0 Å². The summed E-state index contributed by atoms with van der Waals surface area (Å²) < 4.78 is 0. The third-order valence-electron chi connectivity index (χ3n) is 3.65. The molecule has 1 amide bonds. The number of aryl methyl sites for hydroxylation is 1. The molecule has 1 N–H and O–H groups in total. The van der Waals surface area contributed by atoms with E-state index in [-0.39, 0.29) is 5.91 Å². The minimum Gasteiger partial charge on any atom is -0.356 e. The van der Waals surface area contributed by atoms with Crippen molar-refractivity contribution in [3.05, 3.63) is 66.0 Å². The molecule has 0 unspecified atom stereocenters. The summed E-state index contributed by atoms with van der Waals surface area (Å²) in [4.78, 5) is 15.8. The standard InChI is InChI=1S/C21H24N2O/c24-21(23-17-9-14-20-13-8-16-22-18-20)15-7-2-1-4-10-19-11-5-3-6-12-19/h3,5-6,8,11-13,16,18H,1-2,7,9,14-15,17H2,(H,23,24). The van der Waals surface area contributed by atoms with E-state index in [9.17, 15) is 4.79 Å². The summed E-state index contributed by atoms with van der Waals surface area (Å²) in [7, 11) is 0. The predicted octanol–water partition coefficient (Wildman–Crippen LogP) is 3.74. The van der Waals surface area contributed by atoms with Gasteiger partial charge in [0.2, 0.25) is 5.91 Å². The minimum absolute atomic E-state index is 0.136. The molecule has 0 atom stereocenters. The normalized spacial score (nSPS) is 9.83. The van der Waals surface area contributed by atoms with Crippen molar-refractivity contribution in [2.45, 2.75) is 38.5 Å². The number of pyridine rings is 1. The quantitative estimate of drug-likeness (QED) is 0.594. The fraction of sp³-hybridized carbons (Fsp3) is 0.333. The summed E-state index contributed by atoms with van der Waals surface area (Å²) >= 11 is 0. The van der Waals surface area contributed by atoms with Gasteiger partial charge in [-0.3, -0.25) is 9.78 Å². The van der Waals surface area contributed by atoms with Crippen molar-refractivity contribution in [2.75, 3.05) is 6.54 Å². The second kappa shape index (κ2) is 11.0. The monoisotopic (exact) mass is 320 g/mol. The Bertz CT molecular complexity index is 656. The Kier molecular flexibility index (Phi) is 8.15. The first-order valence-corrected chi connectivity index (χ1v) is 8.54. The van der Waals surface area contributed by atoms with E-state index in [1.54, 1.807) is 6.20 Å². The molecule has 0 aliphatic carbocycles. The molecule has 0 radical (unpaired) electrons. The molecule has 1 aromatic heterocycles. The SMILES string of the molecule is O=C(CCCCC#Cc1ccccc1)NCCCc1cccnc1. The molecule has 0 saturated heterocycles. The van der Waals surface area contributed by atoms with Crippen LogP contribution in [0.15, 0.2) is 54.9 Å². The molecule has 2 rings (SSSR count). The van der Waals surface area contributed by atoms with Crippen LogP contribution in [0.25, 0.3) is 0 Å². The van der Waals surface area contributed by atoms with E-state index in [1.165, 1.54) is 5.56 Å². The number of carbonyl (C=O) groups excluding carboxylic acids is 1. The maximum absolute atomic E-state index is 11.7. The van der Waals surface area contributed by atoms with E-state index in [2.05, 4.69) is 28.2 Å². The first-order valence-electron chi connectivity index (χ1n) is 8.54. The topological polar surface area (TPSA) is 42.0 Å². The van der Waals surface area contributed by atoms with Crippen molar-refractivity contribution >= 4 is 5.91 Å². The molecular weight excluding hydrogens is 296 g/mol. The minimum atomic E-state index is 0.136. The van der Waals surface area contributed by atoms with Crippen LogP contribution in [0.5, 0.6) is 0 Å². The van der Waals surface area contributed by atoms with Gasteiger partial charge in [-0.2, -0.15) is 0 Å². The van der Waals surface area contributed by atoms with Crippen LogP contribution in [-0.4, -0.2) is 17.4 Å². The average molecular weight is 320 g/mol. The van der Waals surface area contributed by atoms with E-state index in [0.29, 0.717) is 6.42 Å². The summed E-state index contributed by atoms with van der Waals surface area (Å²) in [6.45, 7) is 0.724. The van der Waals surface area contributed by atoms with Gasteiger partial charge in [-0.25, -0.2) is 0 Å². The second-order valence-electron chi connectivity index (χ2n) is 5.69. The van der Waals surface area contributed by atoms with Gasteiger partial charge in [-0.05, 0) is 49.4 Å². The van der Waals surface area contributed by atoms with E-state index >= 15 is 0 Å². The van der Waals surface area contributed by atoms with E-state index in [4.69, 9.17) is 0 Å². The number of hydrogen-bond acceptors (Lipinski definition) is 2. The zero-order valence-electron chi connectivity index (χ0n) is 14.0. The fourth-order valence-electron chi connectivity index (χ4n) is 2.34. The Morgan fingerprint density at radius 3 is 2.71 bits per heavy atom. The molecule has 24 heavy (non-hydrogen) atoms. The average Bonchev–Trinajstić information content (AvgIpc) is 2.63. The highest BCUT2D eigenvalue weighted by atomic mass is 16.1. The number of rotatable bonds is 8. The van der Waals surface area contributed by atoms with E-state index < -0.39 is 0 Å². The molecule has 0 aliphatic heterocycles. The van der Waals surface area contributed by atoms with Crippen LogP contribution >= 0.6 is 0 Å². The van der Waals surface area contributed by atoms with Crippen molar-refractivity contribution in [3.63, 3.8) is 0 Å². The number of benzene rings is 1. The molecule has 124 valence electrons. The number of nitrogens with zero attached hydrogens (tertiary/aromatic N) is 1. The highest BCUT2D eigenvalue weighted by molar-refractivity contribution is 5.75. The third kappa shape index (κ3) is 7.60. The van der Waals surface area contributed by atoms with Gasteiger partial charge in [0.05, 0.1) is 0 Å². The van der Waals surface area contributed by atoms with Crippen LogP contribution in [0.2, 0.25) is 0 Å². The Balaban J connectivity index is 1.49. The van der Waals surface area contributed by atoms with Gasteiger partial charge in [0.1, 0.15) is 0 Å². The summed E-state index contributed by atoms with van der Waals surface area (Å²) in [6.07, 6.45) is 8.81. The molecule has 1 heterocycles. The number of aromatic nitrogens is 1. The summed E-state index contributed by atoms with van der Waals surface area (Å²) in [6, 6.07) is 14.0. The van der Waals surface area contributed by atoms with Crippen LogP contribution in [0.3, 0.4) is 0 Å². The van der Waals surface area contributed by atoms with Gasteiger partial charge in [0.15, 0.2) is 0 Å². The Morgan fingerprint density at radius 1 is 1.04 bits per heavy atom. The predicted molar refractivity (Wildman–Crippen MR) is 97.4 cm³/mol. The zero-order chi connectivity index (χ0) is 16.9. The lowest BCUT2D eigenvalue weighted by Gasteiger charge is -2.04. The third-order valence-corrected chi connectivity index (χ3v) is 3.65. The van der Waals surface area contributed by atoms with Crippen LogP contribution in [-0.2, 0) is 11.2 Å². The molecule has 1 aromatic carbocycles. The van der Waals surface area contributed by atoms with E-state index in [0.717, 1.165) is 44.2 Å². The lowest BCUT2D eigenvalue weighted by Crippen LogP contribution is -2.24. The number of hydrogen-bond donors (Lipinski definition) is 1. The van der Waals surface area contributed by atoms with Crippen LogP contribution in [0, 0.1) is 11.8 Å². The van der Waals surface area contributed by atoms with E-state index in [1.807, 2.05) is 42.6 Å². The Morgan fingerprint density at radius 2 is 1.92 bits per heavy atom. The largest absolute Gasteiger partial charge is 0.356 e. The molecule has 3 heteroatoms. The molecule has 0 saturated carbocycles. The summed E-state index contributed by atoms with van der Waals surface area (Å²) in [5.41, 5.74) is 2.26. The molecule has 2 aromatic rings.